The molecule has 7 heteroatoms. The number of nitrogens with zero attached hydrogens (tertiary/aromatic N) is 1. The van der Waals surface area contributed by atoms with E-state index in [1.54, 1.807) is 0 Å². The van der Waals surface area contributed by atoms with E-state index in [2.05, 4.69) is 4.98 Å². The number of oxazole rings is 1. The largest absolute Gasteiger partial charge is 0.417 e. The van der Waals surface area contributed by atoms with E-state index in [9.17, 15) is 18.0 Å². The van der Waals surface area contributed by atoms with Crippen molar-refractivity contribution >= 4 is 11.1 Å². The second-order valence-electron chi connectivity index (χ2n) is 4.18. The first-order valence-electron chi connectivity index (χ1n) is 5.15. The minimum absolute atomic E-state index is 0.0303. The van der Waals surface area contributed by atoms with Crippen molar-refractivity contribution in [3.05, 3.63) is 34.3 Å². The molecule has 1 aromatic carbocycles. The molecule has 2 rings (SSSR count). The number of fused-ring (bicyclic) bond motifs is 1. The van der Waals surface area contributed by atoms with Crippen molar-refractivity contribution in [2.45, 2.75) is 12.2 Å². The Morgan fingerprint density at radius 2 is 2.00 bits per heavy atom. The van der Waals surface area contributed by atoms with E-state index in [0.29, 0.717) is 5.52 Å². The van der Waals surface area contributed by atoms with Crippen molar-refractivity contribution in [2.24, 2.45) is 0 Å². The van der Waals surface area contributed by atoms with Crippen molar-refractivity contribution in [3.63, 3.8) is 0 Å². The fourth-order valence-electron chi connectivity index (χ4n) is 1.91. The minimum Gasteiger partial charge on any atom is -0.408 e. The first-order valence-corrected chi connectivity index (χ1v) is 5.15. The zero-order chi connectivity index (χ0) is 13.5. The summed E-state index contributed by atoms with van der Waals surface area (Å²) >= 11 is 0. The summed E-state index contributed by atoms with van der Waals surface area (Å²) in [6, 6.07) is 2.22. The molecule has 0 aliphatic rings. The van der Waals surface area contributed by atoms with Gasteiger partial charge in [0.05, 0.1) is 5.52 Å². The van der Waals surface area contributed by atoms with Crippen LogP contribution in [0.5, 0.6) is 0 Å². The number of H-pyrrole nitrogens is 1. The Morgan fingerprint density at radius 1 is 1.33 bits per heavy atom. The molecular weight excluding hydrogens is 249 g/mol. The van der Waals surface area contributed by atoms with Crippen molar-refractivity contribution < 1.29 is 17.6 Å². The van der Waals surface area contributed by atoms with Crippen molar-refractivity contribution in [1.29, 1.82) is 0 Å². The van der Waals surface area contributed by atoms with E-state index in [1.807, 2.05) is 0 Å². The van der Waals surface area contributed by atoms with Crippen LogP contribution in [0, 0.1) is 0 Å². The predicted molar refractivity (Wildman–Crippen MR) is 59.3 cm³/mol. The van der Waals surface area contributed by atoms with Gasteiger partial charge >= 0.3 is 11.9 Å². The van der Waals surface area contributed by atoms with Crippen LogP contribution in [0.2, 0.25) is 0 Å². The lowest BCUT2D eigenvalue weighted by Crippen LogP contribution is -2.33. The summed E-state index contributed by atoms with van der Waals surface area (Å²) in [6.07, 6.45) is -4.40. The summed E-state index contributed by atoms with van der Waals surface area (Å²) in [6.45, 7) is 0. The lowest BCUT2D eigenvalue weighted by atomic mass is 10.1. The molecule has 4 nitrogen and oxygen atoms in total. The van der Waals surface area contributed by atoms with Gasteiger partial charge < -0.3 is 4.42 Å². The number of aromatic nitrogens is 1. The molecule has 18 heavy (non-hydrogen) atoms. The van der Waals surface area contributed by atoms with Gasteiger partial charge in [0, 0.05) is 0 Å². The number of aromatic amines is 1. The maximum Gasteiger partial charge on any atom is 0.417 e. The van der Waals surface area contributed by atoms with E-state index in [1.165, 1.54) is 32.3 Å². The molecule has 0 saturated carbocycles. The van der Waals surface area contributed by atoms with Crippen LogP contribution in [0.15, 0.2) is 27.4 Å². The number of halogens is 3. The Balaban J connectivity index is 2.54. The molecule has 0 radical (unpaired) electrons. The predicted octanol–water partition coefficient (Wildman–Crippen LogP) is 2.29. The summed E-state index contributed by atoms with van der Waals surface area (Å²) in [5.41, 5.74) is 0.528. The van der Waals surface area contributed by atoms with Gasteiger partial charge in [0.25, 0.3) is 0 Å². The smallest absolute Gasteiger partial charge is 0.408 e. The zero-order valence-corrected chi connectivity index (χ0v) is 9.71. The summed E-state index contributed by atoms with van der Waals surface area (Å²) in [4.78, 5) is 14.4. The molecule has 1 N–H and O–H groups in total. The summed E-state index contributed by atoms with van der Waals surface area (Å²) in [5, 5.41) is 0. The Bertz CT molecular complexity index is 613. The zero-order valence-electron chi connectivity index (χ0n) is 9.71. The van der Waals surface area contributed by atoms with Crippen LogP contribution in [-0.2, 0) is 0 Å². The van der Waals surface area contributed by atoms with Crippen LogP contribution < -0.4 is 5.76 Å². The maximum atomic E-state index is 12.9. The SMILES string of the molecule is CN(C)C(c1ccc2[nH]c(=O)oc2c1)C(F)(F)F. The standard InChI is InChI=1S/C11H11F3N2O2/c1-16(2)9(11(12,13)14)6-3-4-7-8(5-6)18-10(17)15-7/h3-5,9H,1-2H3,(H,15,17). The number of alkyl halides is 3. The third kappa shape index (κ3) is 2.26. The number of benzene rings is 1. The number of hydrogen-bond acceptors (Lipinski definition) is 3. The van der Waals surface area contributed by atoms with E-state index in [4.69, 9.17) is 4.42 Å². The molecule has 0 aliphatic heterocycles. The van der Waals surface area contributed by atoms with Gasteiger partial charge in [0.1, 0.15) is 6.04 Å². The molecule has 2 aromatic rings. The normalized spacial score (nSPS) is 14.3. The monoisotopic (exact) mass is 260 g/mol. The molecule has 0 fully saturated rings. The van der Waals surface area contributed by atoms with Gasteiger partial charge in [-0.3, -0.25) is 9.88 Å². The van der Waals surface area contributed by atoms with Gasteiger partial charge in [-0.15, -0.1) is 0 Å². The molecule has 1 heterocycles. The molecule has 0 saturated heterocycles. The van der Waals surface area contributed by atoms with E-state index in [0.717, 1.165) is 4.90 Å². The van der Waals surface area contributed by atoms with Gasteiger partial charge in [-0.05, 0) is 31.8 Å². The first kappa shape index (κ1) is 12.7. The Kier molecular flexibility index (Phi) is 2.94. The molecular formula is C11H11F3N2O2. The number of hydrogen-bond donors (Lipinski definition) is 1. The molecule has 0 bridgehead atoms. The van der Waals surface area contributed by atoms with Crippen LogP contribution >= 0.6 is 0 Å². The van der Waals surface area contributed by atoms with E-state index in [-0.39, 0.29) is 11.1 Å². The number of rotatable bonds is 2. The molecule has 98 valence electrons. The van der Waals surface area contributed by atoms with Crippen LogP contribution in [0.3, 0.4) is 0 Å². The third-order valence-electron chi connectivity index (χ3n) is 2.59. The molecule has 1 aromatic heterocycles. The second kappa shape index (κ2) is 4.16. The quantitative estimate of drug-likeness (QED) is 0.901. The van der Waals surface area contributed by atoms with Gasteiger partial charge in [-0.2, -0.15) is 13.2 Å². The lowest BCUT2D eigenvalue weighted by molar-refractivity contribution is -0.179. The van der Waals surface area contributed by atoms with E-state index >= 15 is 0 Å². The minimum atomic E-state index is -4.40. The first-order chi connectivity index (χ1) is 8.29. The lowest BCUT2D eigenvalue weighted by Gasteiger charge is -2.26. The van der Waals surface area contributed by atoms with Crippen LogP contribution in [-0.4, -0.2) is 30.2 Å². The average Bonchev–Trinajstić information content (AvgIpc) is 2.54. The third-order valence-corrected chi connectivity index (χ3v) is 2.59. The van der Waals surface area contributed by atoms with Gasteiger partial charge in [0.15, 0.2) is 5.58 Å². The van der Waals surface area contributed by atoms with Gasteiger partial charge in [-0.25, -0.2) is 4.79 Å². The van der Waals surface area contributed by atoms with Crippen LogP contribution in [0.25, 0.3) is 11.1 Å². The maximum absolute atomic E-state index is 12.9. The van der Waals surface area contributed by atoms with E-state index < -0.39 is 18.0 Å². The topological polar surface area (TPSA) is 49.2 Å². The fraction of sp³-hybridized carbons (Fsp3) is 0.364. The molecule has 0 spiro atoms. The van der Waals surface area contributed by atoms with Gasteiger partial charge in [-0.1, -0.05) is 6.07 Å². The van der Waals surface area contributed by atoms with Crippen molar-refractivity contribution in [3.8, 4) is 0 Å². The average molecular weight is 260 g/mol. The fourth-order valence-corrected chi connectivity index (χ4v) is 1.91. The summed E-state index contributed by atoms with van der Waals surface area (Å²) in [5.74, 6) is -0.685. The highest BCUT2D eigenvalue weighted by molar-refractivity contribution is 5.72. The van der Waals surface area contributed by atoms with Crippen LogP contribution in [0.1, 0.15) is 11.6 Å². The molecule has 0 aliphatic carbocycles. The molecule has 1 atom stereocenters. The van der Waals surface area contributed by atoms with Crippen LogP contribution in [0.4, 0.5) is 13.2 Å². The van der Waals surface area contributed by atoms with Crippen molar-refractivity contribution in [1.82, 2.24) is 9.88 Å². The summed E-state index contributed by atoms with van der Waals surface area (Å²) in [7, 11) is 2.69. The van der Waals surface area contributed by atoms with Gasteiger partial charge in [0.2, 0.25) is 0 Å². The summed E-state index contributed by atoms with van der Waals surface area (Å²) < 4.78 is 43.5. The Hall–Kier alpha value is -1.76. The Labute approximate surface area is 100 Å². The molecule has 0 amide bonds. The highest BCUT2D eigenvalue weighted by Crippen LogP contribution is 2.36. The highest BCUT2D eigenvalue weighted by Gasteiger charge is 2.42. The molecule has 1 unspecified atom stereocenters. The van der Waals surface area contributed by atoms with Crippen molar-refractivity contribution in [2.75, 3.05) is 14.1 Å². The number of nitrogens with one attached hydrogen (secondary N) is 1. The highest BCUT2D eigenvalue weighted by atomic mass is 19.4. The second-order valence-corrected chi connectivity index (χ2v) is 4.18. The Morgan fingerprint density at radius 3 is 2.56 bits per heavy atom.